The molecule has 0 spiro atoms. The molecule has 0 saturated heterocycles. The number of fused-ring (bicyclic) bond motifs is 8. The Balaban J connectivity index is 0.00000523. The van der Waals surface area contributed by atoms with E-state index >= 15 is 0 Å². The fraction of sp³-hybridized carbons (Fsp3) is 0.432. The molecular weight excluding hydrogens is 706 g/mol. The zero-order valence-electron chi connectivity index (χ0n) is 32.4. The normalized spacial score (nSPS) is 12.9. The van der Waals surface area contributed by atoms with E-state index in [1.54, 1.807) is 0 Å². The smallest absolute Gasteiger partial charge is 0.143 e. The van der Waals surface area contributed by atoms with Crippen LogP contribution in [0.5, 0.6) is 0 Å². The molecule has 0 aliphatic carbocycles. The zero-order chi connectivity index (χ0) is 36.0. The minimum absolute atomic E-state index is 0. The van der Waals surface area contributed by atoms with Gasteiger partial charge in [0.2, 0.25) is 0 Å². The second-order valence-corrected chi connectivity index (χ2v) is 20.7. The van der Waals surface area contributed by atoms with E-state index < -0.39 is 8.07 Å². The van der Waals surface area contributed by atoms with E-state index in [1.807, 2.05) is 12.4 Å². The maximum atomic E-state index is 6.41. The van der Waals surface area contributed by atoms with E-state index in [9.17, 15) is 0 Å². The van der Waals surface area contributed by atoms with Crippen molar-refractivity contribution in [1.29, 1.82) is 0 Å². The molecule has 8 heteroatoms. The Bertz CT molecular complexity index is 2100. The van der Waals surface area contributed by atoms with Gasteiger partial charge in [-0.1, -0.05) is 84.9 Å². The zero-order valence-corrected chi connectivity index (χ0v) is 36.4. The minimum Gasteiger partial charge on any atom is -0.355 e. The van der Waals surface area contributed by atoms with Crippen LogP contribution in [0.2, 0.25) is 19.6 Å². The quantitative estimate of drug-likeness (QED) is 0.0621. The van der Waals surface area contributed by atoms with Crippen LogP contribution < -0.4 is 0 Å². The van der Waals surface area contributed by atoms with Gasteiger partial charge in [0.05, 0.1) is 41.9 Å². The molecule has 8 bridgehead atoms. The van der Waals surface area contributed by atoms with Crippen LogP contribution in [0, 0.1) is 12.3 Å². The van der Waals surface area contributed by atoms with Gasteiger partial charge in [-0.3, -0.25) is 0 Å². The SMILES string of the molecule is C#CC(c1c2nc(c(CCCCCCC)c3ccc([nH]3)c(-c3nccn3C)c3nc(c(CCCCCCC)c4ccc1[nH]4)C=C3)C=C2)[Si](C)(C)C.[Zn]. The summed E-state index contributed by atoms with van der Waals surface area (Å²) in [5, 5.41) is 0. The third-order valence-electron chi connectivity index (χ3n) is 10.4. The van der Waals surface area contributed by atoms with E-state index in [0.29, 0.717) is 0 Å². The van der Waals surface area contributed by atoms with Crippen LogP contribution in [-0.2, 0) is 39.4 Å². The third kappa shape index (κ3) is 8.70. The van der Waals surface area contributed by atoms with Crippen molar-refractivity contribution in [2.45, 2.75) is 116 Å². The molecule has 6 rings (SSSR count). The molecule has 52 heavy (non-hydrogen) atoms. The fourth-order valence-electron chi connectivity index (χ4n) is 7.59. The summed E-state index contributed by atoms with van der Waals surface area (Å²) in [5.74, 6) is 4.13. The first kappa shape index (κ1) is 39.4. The topological polar surface area (TPSA) is 75.2 Å². The van der Waals surface area contributed by atoms with Gasteiger partial charge in [-0.2, -0.15) is 0 Å². The number of imidazole rings is 1. The van der Waals surface area contributed by atoms with Gasteiger partial charge in [-0.15, -0.1) is 12.3 Å². The van der Waals surface area contributed by atoms with Crippen molar-refractivity contribution in [1.82, 2.24) is 29.5 Å². The maximum Gasteiger partial charge on any atom is 0.143 e. The first-order valence-electron chi connectivity index (χ1n) is 19.3. The molecule has 2 aliphatic heterocycles. The van der Waals surface area contributed by atoms with Crippen LogP contribution >= 0.6 is 0 Å². The number of hydrogen-bond donors (Lipinski definition) is 2. The Hall–Kier alpha value is -3.79. The number of rotatable bonds is 15. The molecule has 4 aromatic rings. The van der Waals surface area contributed by atoms with Crippen LogP contribution in [-0.4, -0.2) is 37.6 Å². The third-order valence-corrected chi connectivity index (χ3v) is 12.6. The Morgan fingerprint density at radius 1 is 0.692 bits per heavy atom. The maximum absolute atomic E-state index is 6.41. The molecule has 0 saturated carbocycles. The number of aryl methyl sites for hydroxylation is 3. The van der Waals surface area contributed by atoms with E-state index in [2.05, 4.69) is 110 Å². The molecule has 268 valence electrons. The molecular formula is C44H56N6SiZn. The standard InChI is InChI=1S/C44H56N6Si.Zn/c1-8-11-13-15-17-19-31-33-21-25-37(46-33)42(41(10-3)51(5,6)7)38-26-22-34(47-38)32(20-18-16-14-12-9-2)36-24-28-40(49-36)43(39-27-23-35(31)48-39)44-45-29-30-50(44)4;/h3,21-30,41,46,49H,8-9,11-20H2,1-2,4-7H3;. The number of nitrogens with one attached hydrogen (secondary N) is 2. The summed E-state index contributed by atoms with van der Waals surface area (Å²) >= 11 is 0. The average molecular weight is 762 g/mol. The summed E-state index contributed by atoms with van der Waals surface area (Å²) in [6.45, 7) is 11.6. The molecule has 1 atom stereocenters. The van der Waals surface area contributed by atoms with Crippen molar-refractivity contribution in [3.63, 3.8) is 0 Å². The summed E-state index contributed by atoms with van der Waals surface area (Å²) < 4.78 is 2.08. The van der Waals surface area contributed by atoms with E-state index in [0.717, 1.165) is 87.5 Å². The molecule has 4 aromatic heterocycles. The summed E-state index contributed by atoms with van der Waals surface area (Å²) in [5.41, 5.74) is 12.8. The Morgan fingerprint density at radius 2 is 1.19 bits per heavy atom. The van der Waals surface area contributed by atoms with Gasteiger partial charge in [-0.05, 0) is 74.3 Å². The monoisotopic (exact) mass is 760 g/mol. The summed E-state index contributed by atoms with van der Waals surface area (Å²) in [7, 11) is 0.213. The van der Waals surface area contributed by atoms with Crippen molar-refractivity contribution < 1.29 is 19.5 Å². The molecule has 6 nitrogen and oxygen atoms in total. The Kier molecular flexibility index (Phi) is 13.5. The number of hydrogen-bond acceptors (Lipinski definition) is 3. The molecule has 2 aliphatic rings. The van der Waals surface area contributed by atoms with Crippen molar-refractivity contribution in [3.8, 4) is 23.7 Å². The van der Waals surface area contributed by atoms with Crippen LogP contribution in [0.4, 0.5) is 0 Å². The van der Waals surface area contributed by atoms with Crippen LogP contribution in [0.1, 0.15) is 123 Å². The fourth-order valence-corrected chi connectivity index (χ4v) is 9.26. The predicted molar refractivity (Wildman–Crippen MR) is 221 cm³/mol. The van der Waals surface area contributed by atoms with Crippen molar-refractivity contribution in [2.24, 2.45) is 7.05 Å². The minimum atomic E-state index is -1.84. The second kappa shape index (κ2) is 17.8. The molecule has 0 amide bonds. The van der Waals surface area contributed by atoms with Crippen molar-refractivity contribution in [2.75, 3.05) is 0 Å². The van der Waals surface area contributed by atoms with Gasteiger partial charge < -0.3 is 14.5 Å². The number of terminal acetylenes is 1. The van der Waals surface area contributed by atoms with Gasteiger partial charge in [0, 0.05) is 77.7 Å². The van der Waals surface area contributed by atoms with E-state index in [4.69, 9.17) is 21.4 Å². The number of H-pyrrole nitrogens is 2. The summed E-state index contributed by atoms with van der Waals surface area (Å²) in [4.78, 5) is 23.4. The molecule has 2 N–H and O–H groups in total. The van der Waals surface area contributed by atoms with Crippen LogP contribution in [0.25, 0.3) is 57.8 Å². The largest absolute Gasteiger partial charge is 0.355 e. The molecule has 6 heterocycles. The molecule has 1 unspecified atom stereocenters. The van der Waals surface area contributed by atoms with Crippen molar-refractivity contribution >= 4 is 54.4 Å². The van der Waals surface area contributed by atoms with Gasteiger partial charge >= 0.3 is 0 Å². The van der Waals surface area contributed by atoms with Crippen LogP contribution in [0.3, 0.4) is 0 Å². The number of aromatic amines is 2. The summed E-state index contributed by atoms with van der Waals surface area (Å²) in [6, 6.07) is 8.87. The van der Waals surface area contributed by atoms with Gasteiger partial charge in [0.15, 0.2) is 0 Å². The van der Waals surface area contributed by atoms with Gasteiger partial charge in [-0.25, -0.2) is 15.0 Å². The first-order valence-corrected chi connectivity index (χ1v) is 22.9. The Labute approximate surface area is 324 Å². The second-order valence-electron chi connectivity index (χ2n) is 15.4. The van der Waals surface area contributed by atoms with Gasteiger partial charge in [0.25, 0.3) is 0 Å². The first-order chi connectivity index (χ1) is 24.7. The average Bonchev–Trinajstić information content (AvgIpc) is 3.95. The molecule has 0 aromatic carbocycles. The number of aromatic nitrogens is 6. The number of nitrogens with zero attached hydrogens (tertiary/aromatic N) is 4. The Morgan fingerprint density at radius 3 is 1.73 bits per heavy atom. The van der Waals surface area contributed by atoms with Crippen molar-refractivity contribution in [3.05, 3.63) is 76.1 Å². The molecule has 0 radical (unpaired) electrons. The summed E-state index contributed by atoms with van der Waals surface area (Å²) in [6.07, 6.45) is 33.1. The predicted octanol–water partition coefficient (Wildman–Crippen LogP) is 11.7. The van der Waals surface area contributed by atoms with E-state index in [-0.39, 0.29) is 25.0 Å². The van der Waals surface area contributed by atoms with Gasteiger partial charge in [0.1, 0.15) is 5.82 Å². The molecule has 0 fully saturated rings. The van der Waals surface area contributed by atoms with Crippen LogP contribution in [0.15, 0.2) is 36.7 Å². The van der Waals surface area contributed by atoms with E-state index in [1.165, 1.54) is 62.5 Å². The number of unbranched alkanes of at least 4 members (excludes halogenated alkanes) is 8.